The SMILES string of the molecule is COC(=O)CC(=O)[C@H](C)c1ccccc1CC(C)C. The summed E-state index contributed by atoms with van der Waals surface area (Å²) in [5.74, 6) is -0.306. The van der Waals surface area contributed by atoms with Gasteiger partial charge in [0.2, 0.25) is 0 Å². The first-order chi connectivity index (χ1) is 8.95. The number of carbonyl (C=O) groups excluding carboxylic acids is 2. The van der Waals surface area contributed by atoms with E-state index in [4.69, 9.17) is 0 Å². The van der Waals surface area contributed by atoms with Gasteiger partial charge in [-0.3, -0.25) is 9.59 Å². The van der Waals surface area contributed by atoms with Gasteiger partial charge in [0.1, 0.15) is 6.42 Å². The quantitative estimate of drug-likeness (QED) is 0.584. The number of methoxy groups -OCH3 is 1. The topological polar surface area (TPSA) is 43.4 Å². The fourth-order valence-corrected chi connectivity index (χ4v) is 2.12. The van der Waals surface area contributed by atoms with Crippen molar-refractivity contribution in [1.29, 1.82) is 0 Å². The van der Waals surface area contributed by atoms with Crippen LogP contribution in [0.4, 0.5) is 0 Å². The minimum absolute atomic E-state index is 0.0944. The van der Waals surface area contributed by atoms with Gasteiger partial charge in [-0.25, -0.2) is 0 Å². The highest BCUT2D eigenvalue weighted by atomic mass is 16.5. The van der Waals surface area contributed by atoms with E-state index in [1.165, 1.54) is 12.7 Å². The number of rotatable bonds is 6. The summed E-state index contributed by atoms with van der Waals surface area (Å²) >= 11 is 0. The lowest BCUT2D eigenvalue weighted by molar-refractivity contribution is -0.143. The molecule has 0 spiro atoms. The van der Waals surface area contributed by atoms with Crippen LogP contribution in [0.3, 0.4) is 0 Å². The molecule has 1 aromatic carbocycles. The lowest BCUT2D eigenvalue weighted by Crippen LogP contribution is -2.16. The molecule has 0 fully saturated rings. The van der Waals surface area contributed by atoms with Crippen LogP contribution in [0.1, 0.15) is 44.2 Å². The van der Waals surface area contributed by atoms with Crippen molar-refractivity contribution in [2.45, 2.75) is 39.5 Å². The van der Waals surface area contributed by atoms with E-state index >= 15 is 0 Å². The molecule has 0 aliphatic carbocycles. The first kappa shape index (κ1) is 15.4. The Hall–Kier alpha value is -1.64. The zero-order valence-electron chi connectivity index (χ0n) is 12.1. The lowest BCUT2D eigenvalue weighted by atomic mass is 9.88. The first-order valence-corrected chi connectivity index (χ1v) is 6.63. The van der Waals surface area contributed by atoms with E-state index in [9.17, 15) is 9.59 Å². The van der Waals surface area contributed by atoms with Crippen LogP contribution in [0.15, 0.2) is 24.3 Å². The van der Waals surface area contributed by atoms with E-state index in [2.05, 4.69) is 24.7 Å². The number of hydrogen-bond donors (Lipinski definition) is 0. The van der Waals surface area contributed by atoms with Crippen molar-refractivity contribution in [3.8, 4) is 0 Å². The second-order valence-corrected chi connectivity index (χ2v) is 5.24. The predicted octanol–water partition coefficient (Wildman–Crippen LogP) is 3.12. The van der Waals surface area contributed by atoms with Gasteiger partial charge in [-0.05, 0) is 23.5 Å². The van der Waals surface area contributed by atoms with E-state index in [1.54, 1.807) is 0 Å². The molecule has 0 saturated carbocycles. The molecule has 0 amide bonds. The average Bonchev–Trinajstić information content (AvgIpc) is 2.37. The van der Waals surface area contributed by atoms with Crippen molar-refractivity contribution < 1.29 is 14.3 Å². The third kappa shape index (κ3) is 4.51. The molecule has 0 radical (unpaired) electrons. The molecule has 0 unspecified atom stereocenters. The summed E-state index contributed by atoms with van der Waals surface area (Å²) in [5, 5.41) is 0. The number of carbonyl (C=O) groups is 2. The van der Waals surface area contributed by atoms with Gasteiger partial charge >= 0.3 is 5.97 Å². The van der Waals surface area contributed by atoms with Gasteiger partial charge in [-0.15, -0.1) is 0 Å². The van der Waals surface area contributed by atoms with Crippen molar-refractivity contribution in [2.75, 3.05) is 7.11 Å². The lowest BCUT2D eigenvalue weighted by Gasteiger charge is -2.16. The highest BCUT2D eigenvalue weighted by Gasteiger charge is 2.21. The molecule has 0 aliphatic heterocycles. The zero-order chi connectivity index (χ0) is 14.4. The Morgan fingerprint density at radius 1 is 1.16 bits per heavy atom. The molecule has 1 rings (SSSR count). The zero-order valence-corrected chi connectivity index (χ0v) is 12.1. The summed E-state index contributed by atoms with van der Waals surface area (Å²) in [5.41, 5.74) is 2.20. The van der Waals surface area contributed by atoms with Crippen molar-refractivity contribution in [1.82, 2.24) is 0 Å². The van der Waals surface area contributed by atoms with E-state index in [0.717, 1.165) is 12.0 Å². The molecule has 19 heavy (non-hydrogen) atoms. The molecule has 3 nitrogen and oxygen atoms in total. The van der Waals surface area contributed by atoms with E-state index in [0.29, 0.717) is 5.92 Å². The second kappa shape index (κ2) is 7.07. The highest BCUT2D eigenvalue weighted by Crippen LogP contribution is 2.24. The fraction of sp³-hybridized carbons (Fsp3) is 0.500. The number of esters is 1. The molecule has 0 bridgehead atoms. The average molecular weight is 262 g/mol. The maximum atomic E-state index is 12.0. The molecule has 0 aliphatic rings. The summed E-state index contributed by atoms with van der Waals surface area (Å²) in [6.07, 6.45) is 0.777. The largest absolute Gasteiger partial charge is 0.469 e. The molecule has 0 aromatic heterocycles. The van der Waals surface area contributed by atoms with Crippen molar-refractivity contribution in [2.24, 2.45) is 5.92 Å². The summed E-state index contributed by atoms with van der Waals surface area (Å²) in [7, 11) is 1.30. The Morgan fingerprint density at radius 2 is 1.79 bits per heavy atom. The molecular weight excluding hydrogens is 240 g/mol. The molecule has 0 heterocycles. The smallest absolute Gasteiger partial charge is 0.313 e. The van der Waals surface area contributed by atoms with Gasteiger partial charge in [-0.2, -0.15) is 0 Å². The van der Waals surface area contributed by atoms with E-state index in [-0.39, 0.29) is 18.1 Å². The van der Waals surface area contributed by atoms with Gasteiger partial charge in [-0.1, -0.05) is 45.0 Å². The summed E-state index contributed by atoms with van der Waals surface area (Å²) in [6, 6.07) is 7.94. The van der Waals surface area contributed by atoms with Crippen molar-refractivity contribution in [3.63, 3.8) is 0 Å². The van der Waals surface area contributed by atoms with E-state index in [1.807, 2.05) is 25.1 Å². The van der Waals surface area contributed by atoms with Crippen LogP contribution in [0.5, 0.6) is 0 Å². The molecular formula is C16H22O3. The van der Waals surface area contributed by atoms with Crippen LogP contribution < -0.4 is 0 Å². The Kier molecular flexibility index (Phi) is 5.74. The Balaban J connectivity index is 2.89. The van der Waals surface area contributed by atoms with Crippen molar-refractivity contribution >= 4 is 11.8 Å². The molecule has 1 atom stereocenters. The number of Topliss-reactive ketones (excluding diaryl/α,β-unsaturated/α-hetero) is 1. The molecule has 0 saturated heterocycles. The van der Waals surface area contributed by atoms with Gasteiger partial charge in [0.15, 0.2) is 5.78 Å². The minimum Gasteiger partial charge on any atom is -0.469 e. The first-order valence-electron chi connectivity index (χ1n) is 6.63. The second-order valence-electron chi connectivity index (χ2n) is 5.24. The summed E-state index contributed by atoms with van der Waals surface area (Å²) in [6.45, 7) is 6.15. The number of ether oxygens (including phenoxy) is 1. The standard InChI is InChI=1S/C16H22O3/c1-11(2)9-13-7-5-6-8-14(13)12(3)15(17)10-16(18)19-4/h5-8,11-12H,9-10H2,1-4H3/t12-/m1/s1. The fourth-order valence-electron chi connectivity index (χ4n) is 2.12. The number of benzene rings is 1. The van der Waals surface area contributed by atoms with Crippen LogP contribution in [0.25, 0.3) is 0 Å². The molecule has 0 N–H and O–H groups in total. The minimum atomic E-state index is -0.474. The normalized spacial score (nSPS) is 12.3. The van der Waals surface area contributed by atoms with Crippen LogP contribution in [0.2, 0.25) is 0 Å². The predicted molar refractivity (Wildman–Crippen MR) is 75.0 cm³/mol. The highest BCUT2D eigenvalue weighted by molar-refractivity contribution is 5.99. The van der Waals surface area contributed by atoms with Gasteiger partial charge in [0.25, 0.3) is 0 Å². The van der Waals surface area contributed by atoms with Gasteiger partial charge in [0.05, 0.1) is 7.11 Å². The maximum absolute atomic E-state index is 12.0. The summed E-state index contributed by atoms with van der Waals surface area (Å²) < 4.78 is 4.54. The molecule has 3 heteroatoms. The van der Waals surface area contributed by atoms with Crippen LogP contribution in [0, 0.1) is 5.92 Å². The van der Waals surface area contributed by atoms with Crippen LogP contribution in [-0.4, -0.2) is 18.9 Å². The third-order valence-corrected chi connectivity index (χ3v) is 3.18. The summed E-state index contributed by atoms with van der Waals surface area (Å²) in [4.78, 5) is 23.2. The molecule has 1 aromatic rings. The Morgan fingerprint density at radius 3 is 2.37 bits per heavy atom. The number of hydrogen-bond acceptors (Lipinski definition) is 3. The maximum Gasteiger partial charge on any atom is 0.313 e. The Labute approximate surface area is 115 Å². The van der Waals surface area contributed by atoms with Crippen molar-refractivity contribution in [3.05, 3.63) is 35.4 Å². The molecule has 104 valence electrons. The Bertz CT molecular complexity index is 449. The van der Waals surface area contributed by atoms with Gasteiger partial charge in [0, 0.05) is 5.92 Å². The van der Waals surface area contributed by atoms with Crippen LogP contribution >= 0.6 is 0 Å². The number of ketones is 1. The monoisotopic (exact) mass is 262 g/mol. The van der Waals surface area contributed by atoms with E-state index < -0.39 is 5.97 Å². The third-order valence-electron chi connectivity index (χ3n) is 3.18. The van der Waals surface area contributed by atoms with Crippen LogP contribution in [-0.2, 0) is 20.7 Å². The van der Waals surface area contributed by atoms with Gasteiger partial charge < -0.3 is 4.74 Å².